The van der Waals surface area contributed by atoms with Gasteiger partial charge in [0.25, 0.3) is 5.56 Å². The molecule has 0 spiro atoms. The van der Waals surface area contributed by atoms with Crippen molar-refractivity contribution in [2.24, 2.45) is 0 Å². The number of hydrogen-bond acceptors (Lipinski definition) is 5. The third-order valence-corrected chi connectivity index (χ3v) is 5.08. The molecule has 1 heterocycles. The summed E-state index contributed by atoms with van der Waals surface area (Å²) in [5.41, 5.74) is 6.66. The van der Waals surface area contributed by atoms with Crippen LogP contribution in [-0.2, 0) is 13.1 Å². The Bertz CT molecular complexity index is 1130. The predicted octanol–water partition coefficient (Wildman–Crippen LogP) is 2.37. The Morgan fingerprint density at radius 1 is 0.933 bits per heavy atom. The van der Waals surface area contributed by atoms with Crippen LogP contribution in [0.5, 0.6) is 0 Å². The van der Waals surface area contributed by atoms with Gasteiger partial charge in [0.15, 0.2) is 5.78 Å². The van der Waals surface area contributed by atoms with E-state index in [-0.39, 0.29) is 31.0 Å². The van der Waals surface area contributed by atoms with Crippen LogP contribution in [0.3, 0.4) is 0 Å². The number of para-hydroxylation sites is 1. The first-order chi connectivity index (χ1) is 14.5. The second kappa shape index (κ2) is 9.26. The number of nitrogens with two attached hydrogens (primary N) is 1. The van der Waals surface area contributed by atoms with Crippen molar-refractivity contribution in [2.45, 2.75) is 26.9 Å². The molecule has 0 atom stereocenters. The molecule has 1 aromatic heterocycles. The van der Waals surface area contributed by atoms with Crippen LogP contribution >= 0.6 is 0 Å². The number of benzene rings is 2. The molecule has 0 fully saturated rings. The Balaban J connectivity index is 2.05. The van der Waals surface area contributed by atoms with Crippen LogP contribution in [0, 0.1) is 0 Å². The molecule has 0 bridgehead atoms. The molecule has 3 aromatic rings. The minimum Gasteiger partial charge on any atom is -0.384 e. The van der Waals surface area contributed by atoms with Crippen molar-refractivity contribution in [1.82, 2.24) is 9.13 Å². The standard InChI is InChI=1S/C23H26N4O3/c1-3-25(18-13-9-6-10-14-18)16-19(28)20-21(24)27(15-17-11-7-5-8-12-17)23(30)26(4-2)22(20)29/h5-14H,3-4,15-16,24H2,1-2H3. The lowest BCUT2D eigenvalue weighted by molar-refractivity contribution is 0.0997. The van der Waals surface area contributed by atoms with E-state index in [1.807, 2.05) is 72.5 Å². The molecule has 0 saturated carbocycles. The molecule has 0 saturated heterocycles. The van der Waals surface area contributed by atoms with Gasteiger partial charge in [-0.2, -0.15) is 0 Å². The molecule has 0 aliphatic carbocycles. The number of anilines is 2. The van der Waals surface area contributed by atoms with E-state index in [0.717, 1.165) is 15.8 Å². The van der Waals surface area contributed by atoms with E-state index >= 15 is 0 Å². The van der Waals surface area contributed by atoms with Gasteiger partial charge in [0.05, 0.1) is 13.1 Å². The van der Waals surface area contributed by atoms with Gasteiger partial charge in [-0.05, 0) is 31.5 Å². The number of carbonyl (C=O) groups is 1. The number of likely N-dealkylation sites (N-methyl/N-ethyl adjacent to an activating group) is 1. The van der Waals surface area contributed by atoms with Crippen molar-refractivity contribution < 1.29 is 4.79 Å². The topological polar surface area (TPSA) is 90.3 Å². The Labute approximate surface area is 175 Å². The number of rotatable bonds is 8. The molecule has 7 heteroatoms. The molecule has 0 radical (unpaired) electrons. The van der Waals surface area contributed by atoms with E-state index in [1.165, 1.54) is 4.57 Å². The predicted molar refractivity (Wildman–Crippen MR) is 119 cm³/mol. The van der Waals surface area contributed by atoms with Crippen LogP contribution in [0.2, 0.25) is 0 Å². The molecule has 0 aliphatic heterocycles. The van der Waals surface area contributed by atoms with Gasteiger partial charge in [0.2, 0.25) is 0 Å². The summed E-state index contributed by atoms with van der Waals surface area (Å²) in [5.74, 6) is -0.500. The smallest absolute Gasteiger partial charge is 0.332 e. The van der Waals surface area contributed by atoms with Gasteiger partial charge in [-0.3, -0.25) is 18.7 Å². The maximum absolute atomic E-state index is 13.2. The summed E-state index contributed by atoms with van der Waals surface area (Å²) in [4.78, 5) is 40.8. The lowest BCUT2D eigenvalue weighted by Gasteiger charge is -2.23. The third kappa shape index (κ3) is 4.20. The fourth-order valence-corrected chi connectivity index (χ4v) is 3.45. The molecule has 3 rings (SSSR count). The van der Waals surface area contributed by atoms with Gasteiger partial charge >= 0.3 is 5.69 Å². The highest BCUT2D eigenvalue weighted by molar-refractivity contribution is 6.02. The Morgan fingerprint density at radius 3 is 2.10 bits per heavy atom. The van der Waals surface area contributed by atoms with E-state index in [2.05, 4.69) is 0 Å². The molecule has 2 N–H and O–H groups in total. The molecule has 30 heavy (non-hydrogen) atoms. The first-order valence-electron chi connectivity index (χ1n) is 9.98. The van der Waals surface area contributed by atoms with Crippen LogP contribution in [0.1, 0.15) is 29.8 Å². The van der Waals surface area contributed by atoms with Crippen LogP contribution in [0.15, 0.2) is 70.3 Å². The summed E-state index contributed by atoms with van der Waals surface area (Å²) < 4.78 is 2.36. The Morgan fingerprint density at radius 2 is 1.53 bits per heavy atom. The number of nitrogens with zero attached hydrogens (tertiary/aromatic N) is 3. The SMILES string of the molecule is CCN(CC(=O)c1c(N)n(Cc2ccccc2)c(=O)n(CC)c1=O)c1ccccc1. The molecular weight excluding hydrogens is 380 g/mol. The number of hydrogen-bond donors (Lipinski definition) is 1. The van der Waals surface area contributed by atoms with Crippen molar-refractivity contribution in [1.29, 1.82) is 0 Å². The van der Waals surface area contributed by atoms with Gasteiger partial charge in [0, 0.05) is 18.8 Å². The second-order valence-electron chi connectivity index (χ2n) is 6.94. The van der Waals surface area contributed by atoms with E-state index in [0.29, 0.717) is 6.54 Å². The lowest BCUT2D eigenvalue weighted by atomic mass is 10.1. The van der Waals surface area contributed by atoms with Gasteiger partial charge in [-0.25, -0.2) is 4.79 Å². The Hall–Kier alpha value is -3.61. The quantitative estimate of drug-likeness (QED) is 0.580. The van der Waals surface area contributed by atoms with E-state index in [1.54, 1.807) is 6.92 Å². The zero-order chi connectivity index (χ0) is 21.7. The van der Waals surface area contributed by atoms with Crippen molar-refractivity contribution in [3.63, 3.8) is 0 Å². The summed E-state index contributed by atoms with van der Waals surface area (Å²) in [6, 6.07) is 18.8. The van der Waals surface area contributed by atoms with Gasteiger partial charge in [0.1, 0.15) is 11.4 Å². The largest absolute Gasteiger partial charge is 0.384 e. The van der Waals surface area contributed by atoms with E-state index in [9.17, 15) is 14.4 Å². The number of ketones is 1. The highest BCUT2D eigenvalue weighted by atomic mass is 16.2. The average molecular weight is 406 g/mol. The fourth-order valence-electron chi connectivity index (χ4n) is 3.45. The van der Waals surface area contributed by atoms with Crippen LogP contribution < -0.4 is 21.9 Å². The number of carbonyl (C=O) groups excluding carboxylic acids is 1. The number of aromatic nitrogens is 2. The van der Waals surface area contributed by atoms with Crippen molar-refractivity contribution in [3.05, 3.63) is 92.6 Å². The zero-order valence-corrected chi connectivity index (χ0v) is 17.2. The van der Waals surface area contributed by atoms with Crippen molar-refractivity contribution >= 4 is 17.3 Å². The van der Waals surface area contributed by atoms with Gasteiger partial charge in [-0.15, -0.1) is 0 Å². The second-order valence-corrected chi connectivity index (χ2v) is 6.94. The monoisotopic (exact) mass is 406 g/mol. The lowest BCUT2D eigenvalue weighted by Crippen LogP contribution is -2.45. The molecule has 0 unspecified atom stereocenters. The summed E-state index contributed by atoms with van der Waals surface area (Å²) in [6.45, 7) is 4.55. The molecule has 7 nitrogen and oxygen atoms in total. The van der Waals surface area contributed by atoms with Gasteiger partial charge < -0.3 is 10.6 Å². The van der Waals surface area contributed by atoms with Crippen LogP contribution in [0.4, 0.5) is 11.5 Å². The van der Waals surface area contributed by atoms with Crippen LogP contribution in [0.25, 0.3) is 0 Å². The molecule has 2 aromatic carbocycles. The number of nitrogen functional groups attached to an aromatic ring is 1. The minimum absolute atomic E-state index is 0.00674. The summed E-state index contributed by atoms with van der Waals surface area (Å²) >= 11 is 0. The van der Waals surface area contributed by atoms with Crippen molar-refractivity contribution in [2.75, 3.05) is 23.7 Å². The van der Waals surface area contributed by atoms with Crippen LogP contribution in [-0.4, -0.2) is 28.0 Å². The normalized spacial score (nSPS) is 10.7. The molecule has 0 aliphatic rings. The summed E-state index contributed by atoms with van der Waals surface area (Å²) in [7, 11) is 0. The maximum Gasteiger partial charge on any atom is 0.332 e. The summed E-state index contributed by atoms with van der Waals surface area (Å²) in [6.07, 6.45) is 0. The Kier molecular flexibility index (Phi) is 6.51. The highest BCUT2D eigenvalue weighted by Crippen LogP contribution is 2.15. The number of Topliss-reactive ketones (excluding diaryl/α,β-unsaturated/α-hetero) is 1. The molecule has 156 valence electrons. The molecular formula is C23H26N4O3. The van der Waals surface area contributed by atoms with Gasteiger partial charge in [-0.1, -0.05) is 48.5 Å². The summed E-state index contributed by atoms with van der Waals surface area (Å²) in [5, 5.41) is 0. The first kappa shape index (κ1) is 21.1. The minimum atomic E-state index is -0.640. The highest BCUT2D eigenvalue weighted by Gasteiger charge is 2.24. The first-order valence-corrected chi connectivity index (χ1v) is 9.98. The van der Waals surface area contributed by atoms with E-state index < -0.39 is 17.0 Å². The van der Waals surface area contributed by atoms with E-state index in [4.69, 9.17) is 5.73 Å². The maximum atomic E-state index is 13.2. The fraction of sp³-hybridized carbons (Fsp3) is 0.261. The average Bonchev–Trinajstić information content (AvgIpc) is 2.76. The molecule has 0 amide bonds. The third-order valence-electron chi connectivity index (χ3n) is 5.08. The zero-order valence-electron chi connectivity index (χ0n) is 17.2. The van der Waals surface area contributed by atoms with Crippen molar-refractivity contribution in [3.8, 4) is 0 Å².